The Morgan fingerprint density at radius 2 is 2.00 bits per heavy atom. The second-order valence-corrected chi connectivity index (χ2v) is 4.08. The zero-order valence-electron chi connectivity index (χ0n) is 7.92. The predicted molar refractivity (Wildman–Crippen MR) is 54.7 cm³/mol. The van der Waals surface area contributed by atoms with Crippen molar-refractivity contribution in [2.75, 3.05) is 12.4 Å². The molecule has 0 aliphatic carbocycles. The molecule has 5 heteroatoms. The zero-order chi connectivity index (χ0) is 11.3. The molecule has 0 heterocycles. The number of thioether (sulfide) groups is 1. The first-order valence-electron chi connectivity index (χ1n) is 4.39. The van der Waals surface area contributed by atoms with Crippen LogP contribution in [-0.2, 0) is 11.9 Å². The topological polar surface area (TPSA) is 20.2 Å². The molecule has 1 nitrogen and oxygen atoms in total. The van der Waals surface area contributed by atoms with E-state index in [4.69, 9.17) is 5.11 Å². The van der Waals surface area contributed by atoms with Gasteiger partial charge in [0, 0.05) is 11.5 Å². The Bertz CT molecular complexity index is 312. The van der Waals surface area contributed by atoms with E-state index in [1.807, 2.05) is 0 Å². The zero-order valence-corrected chi connectivity index (χ0v) is 8.74. The molecule has 84 valence electrons. The van der Waals surface area contributed by atoms with Crippen molar-refractivity contribution in [3.05, 3.63) is 35.4 Å². The number of hydrogen-bond donors (Lipinski definition) is 1. The minimum atomic E-state index is -4.28. The van der Waals surface area contributed by atoms with E-state index in [0.717, 1.165) is 12.1 Å². The molecule has 0 spiro atoms. The molecule has 0 radical (unpaired) electrons. The van der Waals surface area contributed by atoms with E-state index in [0.29, 0.717) is 17.1 Å². The number of hydrogen-bond acceptors (Lipinski definition) is 2. The van der Waals surface area contributed by atoms with Gasteiger partial charge in [0.15, 0.2) is 0 Å². The van der Waals surface area contributed by atoms with Crippen molar-refractivity contribution in [3.8, 4) is 0 Å². The predicted octanol–water partition coefficient (Wildman–Crippen LogP) is 2.93. The molecule has 0 aliphatic heterocycles. The molecule has 1 aromatic carbocycles. The molecule has 0 amide bonds. The van der Waals surface area contributed by atoms with Crippen LogP contribution in [0.2, 0.25) is 0 Å². The van der Waals surface area contributed by atoms with E-state index >= 15 is 0 Å². The summed E-state index contributed by atoms with van der Waals surface area (Å²) in [6.45, 7) is 0.0453. The Morgan fingerprint density at radius 1 is 1.27 bits per heavy atom. The quantitative estimate of drug-likeness (QED) is 0.811. The lowest BCUT2D eigenvalue weighted by Crippen LogP contribution is -2.05. The summed E-state index contributed by atoms with van der Waals surface area (Å²) in [4.78, 5) is 0. The summed E-state index contributed by atoms with van der Waals surface area (Å²) < 4.78 is 36.9. The van der Waals surface area contributed by atoms with Crippen molar-refractivity contribution in [1.82, 2.24) is 0 Å². The number of halogens is 3. The van der Waals surface area contributed by atoms with Crippen LogP contribution in [0.4, 0.5) is 13.2 Å². The molecule has 1 N–H and O–H groups in total. The van der Waals surface area contributed by atoms with Gasteiger partial charge in [-0.15, -0.1) is 0 Å². The van der Waals surface area contributed by atoms with E-state index in [9.17, 15) is 13.2 Å². The van der Waals surface area contributed by atoms with E-state index in [-0.39, 0.29) is 6.61 Å². The fraction of sp³-hybridized carbons (Fsp3) is 0.400. The van der Waals surface area contributed by atoms with Gasteiger partial charge in [-0.05, 0) is 11.6 Å². The Hall–Kier alpha value is -0.680. The van der Waals surface area contributed by atoms with E-state index < -0.39 is 11.7 Å². The van der Waals surface area contributed by atoms with Gasteiger partial charge in [0.1, 0.15) is 0 Å². The van der Waals surface area contributed by atoms with Crippen molar-refractivity contribution in [1.29, 1.82) is 0 Å². The second-order valence-electron chi connectivity index (χ2n) is 2.97. The Kier molecular flexibility index (Phi) is 4.47. The first-order valence-corrected chi connectivity index (χ1v) is 5.54. The normalized spacial score (nSPS) is 11.7. The van der Waals surface area contributed by atoms with Gasteiger partial charge in [0.25, 0.3) is 0 Å². The van der Waals surface area contributed by atoms with Crippen molar-refractivity contribution in [2.24, 2.45) is 0 Å². The lowest BCUT2D eigenvalue weighted by atomic mass is 10.1. The van der Waals surface area contributed by atoms with Crippen LogP contribution in [0.25, 0.3) is 0 Å². The molecule has 0 aliphatic rings. The minimum absolute atomic E-state index is 0.0453. The van der Waals surface area contributed by atoms with Gasteiger partial charge in [-0.2, -0.15) is 24.9 Å². The van der Waals surface area contributed by atoms with Gasteiger partial charge in [-0.1, -0.05) is 18.2 Å². The molecule has 1 rings (SSSR count). The molecular weight excluding hydrogens is 225 g/mol. The fourth-order valence-corrected chi connectivity index (χ4v) is 1.78. The van der Waals surface area contributed by atoms with Gasteiger partial charge in [0.2, 0.25) is 0 Å². The van der Waals surface area contributed by atoms with Crippen LogP contribution in [0.5, 0.6) is 0 Å². The van der Waals surface area contributed by atoms with Crippen molar-refractivity contribution in [2.45, 2.75) is 11.9 Å². The van der Waals surface area contributed by atoms with Gasteiger partial charge >= 0.3 is 6.18 Å². The summed E-state index contributed by atoms with van der Waals surface area (Å²) >= 11 is 1.41. The second kappa shape index (κ2) is 5.42. The summed E-state index contributed by atoms with van der Waals surface area (Å²) in [5.41, 5.74) is 0.00729. The van der Waals surface area contributed by atoms with Crippen LogP contribution in [-0.4, -0.2) is 17.5 Å². The Balaban J connectivity index is 2.66. The lowest BCUT2D eigenvalue weighted by Gasteiger charge is -2.08. The lowest BCUT2D eigenvalue weighted by molar-refractivity contribution is -0.137. The molecule has 1 aromatic rings. The van der Waals surface area contributed by atoms with Gasteiger partial charge in [0.05, 0.1) is 12.2 Å². The van der Waals surface area contributed by atoms with Crippen molar-refractivity contribution in [3.63, 3.8) is 0 Å². The third kappa shape index (κ3) is 4.13. The van der Waals surface area contributed by atoms with Crippen LogP contribution in [0.3, 0.4) is 0 Å². The third-order valence-corrected chi connectivity index (χ3v) is 2.77. The van der Waals surface area contributed by atoms with Crippen LogP contribution in [0.1, 0.15) is 11.1 Å². The molecule has 0 aromatic heterocycles. The van der Waals surface area contributed by atoms with E-state index in [1.165, 1.54) is 17.8 Å². The SMILES string of the molecule is OCCSCc1cccc(C(F)(F)F)c1. The van der Waals surface area contributed by atoms with Crippen molar-refractivity contribution >= 4 is 11.8 Å². The average Bonchev–Trinajstić information content (AvgIpc) is 2.17. The summed E-state index contributed by atoms with van der Waals surface area (Å²) in [6.07, 6.45) is -4.28. The largest absolute Gasteiger partial charge is 0.416 e. The summed E-state index contributed by atoms with van der Waals surface area (Å²) in [6, 6.07) is 5.25. The Morgan fingerprint density at radius 3 is 2.60 bits per heavy atom. The van der Waals surface area contributed by atoms with Crippen LogP contribution in [0.15, 0.2) is 24.3 Å². The smallest absolute Gasteiger partial charge is 0.396 e. The highest BCUT2D eigenvalue weighted by Gasteiger charge is 2.30. The highest BCUT2D eigenvalue weighted by Crippen LogP contribution is 2.30. The van der Waals surface area contributed by atoms with Gasteiger partial charge in [-0.25, -0.2) is 0 Å². The summed E-state index contributed by atoms with van der Waals surface area (Å²) in [5.74, 6) is 1.03. The molecule has 0 saturated carbocycles. The van der Waals surface area contributed by atoms with Crippen molar-refractivity contribution < 1.29 is 18.3 Å². The maximum atomic E-state index is 12.3. The van der Waals surface area contributed by atoms with Crippen LogP contribution >= 0.6 is 11.8 Å². The van der Waals surface area contributed by atoms with Crippen LogP contribution in [0, 0.1) is 0 Å². The minimum Gasteiger partial charge on any atom is -0.396 e. The first kappa shape index (κ1) is 12.4. The molecule has 0 unspecified atom stereocenters. The number of alkyl halides is 3. The van der Waals surface area contributed by atoms with E-state index in [2.05, 4.69) is 0 Å². The van der Waals surface area contributed by atoms with Crippen LogP contribution < -0.4 is 0 Å². The molecule has 0 atom stereocenters. The number of benzene rings is 1. The Labute approximate surface area is 90.3 Å². The van der Waals surface area contributed by atoms with Gasteiger partial charge < -0.3 is 5.11 Å². The number of rotatable bonds is 4. The molecule has 0 bridgehead atoms. The maximum Gasteiger partial charge on any atom is 0.416 e. The van der Waals surface area contributed by atoms with Gasteiger partial charge in [-0.3, -0.25) is 0 Å². The summed E-state index contributed by atoms with van der Waals surface area (Å²) in [5, 5.41) is 8.53. The number of aliphatic hydroxyl groups is 1. The van der Waals surface area contributed by atoms with E-state index in [1.54, 1.807) is 6.07 Å². The molecule has 0 saturated heterocycles. The summed E-state index contributed by atoms with van der Waals surface area (Å²) in [7, 11) is 0. The standard InChI is InChI=1S/C10H11F3OS/c11-10(12,13)9-3-1-2-8(6-9)7-15-5-4-14/h1-3,6,14H,4-5,7H2. The highest BCUT2D eigenvalue weighted by molar-refractivity contribution is 7.98. The number of aliphatic hydroxyl groups excluding tert-OH is 1. The molecule has 15 heavy (non-hydrogen) atoms. The first-order chi connectivity index (χ1) is 7.04. The fourth-order valence-electron chi connectivity index (χ4n) is 1.09. The maximum absolute atomic E-state index is 12.3. The third-order valence-electron chi connectivity index (χ3n) is 1.76. The molecule has 0 fully saturated rings. The monoisotopic (exact) mass is 236 g/mol. The molecular formula is C10H11F3OS. The average molecular weight is 236 g/mol. The highest BCUT2D eigenvalue weighted by atomic mass is 32.2.